The van der Waals surface area contributed by atoms with Crippen LogP contribution < -0.4 is 11.1 Å². The first-order valence-corrected chi connectivity index (χ1v) is 6.45. The van der Waals surface area contributed by atoms with Crippen molar-refractivity contribution in [2.24, 2.45) is 5.73 Å². The zero-order valence-electron chi connectivity index (χ0n) is 10.3. The zero-order chi connectivity index (χ0) is 12.8. The second-order valence-electron chi connectivity index (χ2n) is 4.07. The van der Waals surface area contributed by atoms with E-state index < -0.39 is 0 Å². The van der Waals surface area contributed by atoms with Gasteiger partial charge in [-0.25, -0.2) is 9.97 Å². The number of carbonyl (C=O) groups excluding carboxylic acids is 1. The number of carbonyl (C=O) groups is 1. The lowest BCUT2D eigenvalue weighted by molar-refractivity contribution is -0.119. The molecule has 0 fully saturated rings. The molecule has 0 bridgehead atoms. The normalized spacial score (nSPS) is 12.7. The number of hydrogen-bond acceptors (Lipinski definition) is 5. The van der Waals surface area contributed by atoms with E-state index in [9.17, 15) is 4.79 Å². The second kappa shape index (κ2) is 6.56. The van der Waals surface area contributed by atoms with Crippen LogP contribution in [0.4, 0.5) is 0 Å². The third-order valence-electron chi connectivity index (χ3n) is 2.03. The molecule has 1 amide bonds. The molecular weight excluding hydrogens is 236 g/mol. The number of amides is 1. The number of nitrogens with zero attached hydrogens (tertiary/aromatic N) is 2. The minimum absolute atomic E-state index is 0.214. The summed E-state index contributed by atoms with van der Waals surface area (Å²) in [5.74, 6) is 0.190. The van der Waals surface area contributed by atoms with Crippen LogP contribution in [0.25, 0.3) is 0 Å². The molecule has 1 aromatic rings. The van der Waals surface area contributed by atoms with Gasteiger partial charge in [0.15, 0.2) is 5.16 Å². The molecule has 94 valence electrons. The quantitative estimate of drug-likeness (QED) is 0.578. The lowest BCUT2D eigenvalue weighted by atomic mass is 10.3. The van der Waals surface area contributed by atoms with Gasteiger partial charge in [0.2, 0.25) is 5.91 Å². The van der Waals surface area contributed by atoms with Crippen molar-refractivity contribution in [3.63, 3.8) is 0 Å². The third kappa shape index (κ3) is 5.14. The maximum atomic E-state index is 11.2. The molecule has 3 N–H and O–H groups in total. The molecule has 0 spiro atoms. The number of rotatable bonds is 6. The number of nitrogens with one attached hydrogen (secondary N) is 1. The standard InChI is InChI=1S/C11H18N4OS/c1-7(2)14-9(10(12)16)6-17-11-13-5-4-8(3)15-11/h4-5,7,9,14H,6H2,1-3H3,(H2,12,16). The summed E-state index contributed by atoms with van der Waals surface area (Å²) < 4.78 is 0. The summed E-state index contributed by atoms with van der Waals surface area (Å²) in [6.45, 7) is 5.86. The fraction of sp³-hybridized carbons (Fsp3) is 0.545. The highest BCUT2D eigenvalue weighted by Crippen LogP contribution is 2.13. The monoisotopic (exact) mass is 254 g/mol. The maximum absolute atomic E-state index is 11.2. The minimum atomic E-state index is -0.357. The maximum Gasteiger partial charge on any atom is 0.235 e. The fourth-order valence-corrected chi connectivity index (χ4v) is 2.19. The summed E-state index contributed by atoms with van der Waals surface area (Å²) in [6.07, 6.45) is 1.71. The number of aromatic nitrogens is 2. The van der Waals surface area contributed by atoms with Crippen LogP contribution in [0.2, 0.25) is 0 Å². The third-order valence-corrected chi connectivity index (χ3v) is 2.98. The van der Waals surface area contributed by atoms with Gasteiger partial charge in [0.05, 0.1) is 6.04 Å². The molecule has 0 aliphatic carbocycles. The highest BCUT2D eigenvalue weighted by atomic mass is 32.2. The largest absolute Gasteiger partial charge is 0.368 e. The van der Waals surface area contributed by atoms with Crippen molar-refractivity contribution in [2.75, 3.05) is 5.75 Å². The molecule has 0 saturated heterocycles. The molecule has 1 rings (SSSR count). The molecule has 1 aromatic heterocycles. The van der Waals surface area contributed by atoms with Gasteiger partial charge < -0.3 is 11.1 Å². The van der Waals surface area contributed by atoms with E-state index in [0.717, 1.165) is 5.69 Å². The first kappa shape index (κ1) is 13.9. The SMILES string of the molecule is Cc1ccnc(SCC(NC(C)C)C(N)=O)n1. The van der Waals surface area contributed by atoms with E-state index in [0.29, 0.717) is 10.9 Å². The molecule has 1 atom stereocenters. The molecule has 17 heavy (non-hydrogen) atoms. The zero-order valence-corrected chi connectivity index (χ0v) is 11.1. The Kier molecular flexibility index (Phi) is 5.37. The van der Waals surface area contributed by atoms with Crippen molar-refractivity contribution in [3.8, 4) is 0 Å². The molecule has 0 radical (unpaired) electrons. The summed E-state index contributed by atoms with van der Waals surface area (Å²) in [7, 11) is 0. The molecule has 6 heteroatoms. The van der Waals surface area contributed by atoms with Gasteiger partial charge in [0.25, 0.3) is 0 Å². The van der Waals surface area contributed by atoms with Crippen molar-refractivity contribution < 1.29 is 4.79 Å². The summed E-state index contributed by atoms with van der Waals surface area (Å²) >= 11 is 1.43. The van der Waals surface area contributed by atoms with E-state index in [1.807, 2.05) is 26.8 Å². The van der Waals surface area contributed by atoms with Gasteiger partial charge in [0.1, 0.15) is 0 Å². The first-order valence-electron chi connectivity index (χ1n) is 5.47. The van der Waals surface area contributed by atoms with Crippen LogP contribution in [-0.2, 0) is 4.79 Å². The van der Waals surface area contributed by atoms with E-state index in [4.69, 9.17) is 5.73 Å². The van der Waals surface area contributed by atoms with Gasteiger partial charge in [-0.05, 0) is 13.0 Å². The van der Waals surface area contributed by atoms with E-state index in [1.165, 1.54) is 11.8 Å². The van der Waals surface area contributed by atoms with Crippen LogP contribution in [0.5, 0.6) is 0 Å². The predicted octanol–water partition coefficient (Wildman–Crippen LogP) is 0.729. The Bertz CT molecular complexity index is 383. The van der Waals surface area contributed by atoms with Gasteiger partial charge in [-0.15, -0.1) is 0 Å². The molecule has 0 aliphatic heterocycles. The minimum Gasteiger partial charge on any atom is -0.368 e. The molecule has 0 aliphatic rings. The number of hydrogen-bond donors (Lipinski definition) is 2. The summed E-state index contributed by atoms with van der Waals surface area (Å²) in [4.78, 5) is 19.6. The Morgan fingerprint density at radius 2 is 2.29 bits per heavy atom. The number of primary amides is 1. The van der Waals surface area contributed by atoms with Crippen LogP contribution in [0.1, 0.15) is 19.5 Å². The van der Waals surface area contributed by atoms with Crippen LogP contribution in [-0.4, -0.2) is 33.7 Å². The number of nitrogens with two attached hydrogens (primary N) is 1. The van der Waals surface area contributed by atoms with Crippen molar-refractivity contribution in [1.82, 2.24) is 15.3 Å². The van der Waals surface area contributed by atoms with E-state index >= 15 is 0 Å². The molecule has 1 heterocycles. The molecule has 5 nitrogen and oxygen atoms in total. The highest BCUT2D eigenvalue weighted by molar-refractivity contribution is 7.99. The van der Waals surface area contributed by atoms with Crippen molar-refractivity contribution in [1.29, 1.82) is 0 Å². The molecular formula is C11H18N4OS. The van der Waals surface area contributed by atoms with Gasteiger partial charge in [-0.3, -0.25) is 4.79 Å². The van der Waals surface area contributed by atoms with E-state index in [2.05, 4.69) is 15.3 Å². The lowest BCUT2D eigenvalue weighted by Crippen LogP contribution is -2.46. The number of thioether (sulfide) groups is 1. The summed E-state index contributed by atoms with van der Waals surface area (Å²) in [5, 5.41) is 3.78. The highest BCUT2D eigenvalue weighted by Gasteiger charge is 2.16. The van der Waals surface area contributed by atoms with Crippen LogP contribution in [0, 0.1) is 6.92 Å². The number of aryl methyl sites for hydroxylation is 1. The smallest absolute Gasteiger partial charge is 0.235 e. The Hall–Kier alpha value is -1.14. The second-order valence-corrected chi connectivity index (χ2v) is 5.06. The average Bonchev–Trinajstić information content (AvgIpc) is 2.23. The Labute approximate surface area is 106 Å². The summed E-state index contributed by atoms with van der Waals surface area (Å²) in [6, 6.07) is 1.69. The van der Waals surface area contributed by atoms with Crippen LogP contribution in [0.15, 0.2) is 17.4 Å². The van der Waals surface area contributed by atoms with Crippen LogP contribution >= 0.6 is 11.8 Å². The molecule has 0 saturated carbocycles. The van der Waals surface area contributed by atoms with Gasteiger partial charge in [-0.1, -0.05) is 25.6 Å². The topological polar surface area (TPSA) is 80.9 Å². The average molecular weight is 254 g/mol. The van der Waals surface area contributed by atoms with Crippen molar-refractivity contribution in [2.45, 2.75) is 38.0 Å². The fourth-order valence-electron chi connectivity index (χ4n) is 1.27. The lowest BCUT2D eigenvalue weighted by Gasteiger charge is -2.17. The molecule has 0 aromatic carbocycles. The molecule has 1 unspecified atom stereocenters. The predicted molar refractivity (Wildman–Crippen MR) is 68.7 cm³/mol. The van der Waals surface area contributed by atoms with Crippen molar-refractivity contribution >= 4 is 17.7 Å². The van der Waals surface area contributed by atoms with Gasteiger partial charge >= 0.3 is 0 Å². The Balaban J connectivity index is 2.54. The summed E-state index contributed by atoms with van der Waals surface area (Å²) in [5.41, 5.74) is 6.24. The Morgan fingerprint density at radius 1 is 1.59 bits per heavy atom. The van der Waals surface area contributed by atoms with Gasteiger partial charge in [-0.2, -0.15) is 0 Å². The first-order chi connectivity index (χ1) is 7.99. The van der Waals surface area contributed by atoms with Gasteiger partial charge in [0, 0.05) is 23.7 Å². The van der Waals surface area contributed by atoms with Crippen LogP contribution in [0.3, 0.4) is 0 Å². The van der Waals surface area contributed by atoms with Crippen molar-refractivity contribution in [3.05, 3.63) is 18.0 Å². The van der Waals surface area contributed by atoms with E-state index in [1.54, 1.807) is 6.20 Å². The van der Waals surface area contributed by atoms with E-state index in [-0.39, 0.29) is 18.0 Å². The Morgan fingerprint density at radius 3 is 2.82 bits per heavy atom.